The van der Waals surface area contributed by atoms with Crippen molar-refractivity contribution in [1.82, 2.24) is 4.90 Å². The molecular formula is C14H22FN3. The summed E-state index contributed by atoms with van der Waals surface area (Å²) in [5.74, 6) is 0.145. The number of nitrogen functional groups attached to an aromatic ring is 1. The lowest BCUT2D eigenvalue weighted by Crippen LogP contribution is -2.27. The summed E-state index contributed by atoms with van der Waals surface area (Å²) in [6, 6.07) is 4.59. The predicted octanol–water partition coefficient (Wildman–Crippen LogP) is 2.59. The maximum Gasteiger partial charge on any atom is 0.124 e. The molecular weight excluding hydrogens is 229 g/mol. The van der Waals surface area contributed by atoms with Crippen molar-refractivity contribution in [2.45, 2.75) is 27.3 Å². The predicted molar refractivity (Wildman–Crippen MR) is 73.2 cm³/mol. The van der Waals surface area contributed by atoms with E-state index in [4.69, 9.17) is 11.1 Å². The molecule has 0 amide bonds. The number of nitrogens with one attached hydrogen (secondary N) is 1. The average molecular weight is 251 g/mol. The molecule has 3 nitrogen and oxygen atoms in total. The molecule has 3 N–H and O–H groups in total. The Hall–Kier alpha value is -1.42. The largest absolute Gasteiger partial charge is 0.384 e. The number of nitrogens with two attached hydrogens (primary N) is 1. The van der Waals surface area contributed by atoms with Gasteiger partial charge in [0.15, 0.2) is 0 Å². The molecule has 4 heteroatoms. The highest BCUT2D eigenvalue weighted by atomic mass is 19.1. The van der Waals surface area contributed by atoms with Gasteiger partial charge in [0.2, 0.25) is 0 Å². The quantitative estimate of drug-likeness (QED) is 0.603. The topological polar surface area (TPSA) is 53.1 Å². The monoisotopic (exact) mass is 251 g/mol. The summed E-state index contributed by atoms with van der Waals surface area (Å²) in [5, 5.41) is 7.37. The Labute approximate surface area is 108 Å². The first-order chi connectivity index (χ1) is 8.42. The molecule has 0 bridgehead atoms. The maximum atomic E-state index is 13.4. The van der Waals surface area contributed by atoms with E-state index in [0.717, 1.165) is 18.7 Å². The van der Waals surface area contributed by atoms with Crippen molar-refractivity contribution in [3.05, 3.63) is 35.1 Å². The Morgan fingerprint density at radius 2 is 2.06 bits per heavy atom. The number of benzene rings is 1. The van der Waals surface area contributed by atoms with E-state index in [1.165, 1.54) is 12.1 Å². The first kappa shape index (κ1) is 14.6. The van der Waals surface area contributed by atoms with Gasteiger partial charge in [-0.15, -0.1) is 0 Å². The number of rotatable bonds is 6. The molecule has 1 aromatic rings. The molecule has 0 aromatic heterocycles. The molecule has 1 aromatic carbocycles. The Balaban J connectivity index is 2.85. The van der Waals surface area contributed by atoms with Gasteiger partial charge in [-0.05, 0) is 36.2 Å². The van der Waals surface area contributed by atoms with E-state index in [1.807, 2.05) is 0 Å². The van der Waals surface area contributed by atoms with Crippen LogP contribution in [0, 0.1) is 17.1 Å². The number of amidine groups is 1. The molecule has 0 unspecified atom stereocenters. The van der Waals surface area contributed by atoms with Crippen molar-refractivity contribution in [2.75, 3.05) is 13.1 Å². The lowest BCUT2D eigenvalue weighted by molar-refractivity contribution is 0.248. The average Bonchev–Trinajstić information content (AvgIpc) is 2.26. The molecule has 18 heavy (non-hydrogen) atoms. The van der Waals surface area contributed by atoms with Crippen molar-refractivity contribution in [1.29, 1.82) is 5.41 Å². The highest BCUT2D eigenvalue weighted by molar-refractivity contribution is 5.95. The van der Waals surface area contributed by atoms with Gasteiger partial charge in [0.05, 0.1) is 0 Å². The highest BCUT2D eigenvalue weighted by Gasteiger charge is 2.09. The Morgan fingerprint density at radius 1 is 1.39 bits per heavy atom. The van der Waals surface area contributed by atoms with Crippen LogP contribution in [0.2, 0.25) is 0 Å². The minimum atomic E-state index is -0.335. The van der Waals surface area contributed by atoms with Gasteiger partial charge in [0.25, 0.3) is 0 Å². The number of hydrogen-bond donors (Lipinski definition) is 2. The summed E-state index contributed by atoms with van der Waals surface area (Å²) in [4.78, 5) is 2.25. The molecule has 0 fully saturated rings. The van der Waals surface area contributed by atoms with Crippen LogP contribution in [0.5, 0.6) is 0 Å². The Kier molecular flexibility index (Phi) is 5.28. The zero-order valence-corrected chi connectivity index (χ0v) is 11.3. The van der Waals surface area contributed by atoms with Gasteiger partial charge in [-0.2, -0.15) is 0 Å². The molecule has 0 heterocycles. The minimum absolute atomic E-state index is 0.0948. The molecule has 1 rings (SSSR count). The van der Waals surface area contributed by atoms with Gasteiger partial charge < -0.3 is 5.73 Å². The summed E-state index contributed by atoms with van der Waals surface area (Å²) >= 11 is 0. The summed E-state index contributed by atoms with van der Waals surface area (Å²) < 4.78 is 13.4. The van der Waals surface area contributed by atoms with E-state index >= 15 is 0 Å². The van der Waals surface area contributed by atoms with Crippen LogP contribution in [0.1, 0.15) is 31.9 Å². The van der Waals surface area contributed by atoms with Crippen molar-refractivity contribution in [2.24, 2.45) is 11.7 Å². The molecule has 0 atom stereocenters. The van der Waals surface area contributed by atoms with Crippen LogP contribution >= 0.6 is 0 Å². The summed E-state index contributed by atoms with van der Waals surface area (Å²) in [7, 11) is 0. The Bertz CT molecular complexity index is 416. The fourth-order valence-corrected chi connectivity index (χ4v) is 1.98. The van der Waals surface area contributed by atoms with Gasteiger partial charge in [0, 0.05) is 18.7 Å². The molecule has 100 valence electrons. The number of hydrogen-bond acceptors (Lipinski definition) is 2. The van der Waals surface area contributed by atoms with Gasteiger partial charge in [-0.25, -0.2) is 4.39 Å². The first-order valence-corrected chi connectivity index (χ1v) is 6.28. The van der Waals surface area contributed by atoms with Crippen LogP contribution in [-0.2, 0) is 6.54 Å². The lowest BCUT2D eigenvalue weighted by atomic mass is 10.1. The van der Waals surface area contributed by atoms with Crippen LogP contribution < -0.4 is 5.73 Å². The van der Waals surface area contributed by atoms with E-state index in [0.29, 0.717) is 18.0 Å². The van der Waals surface area contributed by atoms with Gasteiger partial charge in [0.1, 0.15) is 11.7 Å². The van der Waals surface area contributed by atoms with Crippen LogP contribution in [0.3, 0.4) is 0 Å². The number of nitrogens with zero attached hydrogens (tertiary/aromatic N) is 1. The first-order valence-electron chi connectivity index (χ1n) is 6.28. The second kappa shape index (κ2) is 6.50. The standard InChI is InChI=1S/C14H22FN3/c1-4-18(8-10(2)3)9-11-5-12(14(16)17)7-13(15)6-11/h5-7,10H,4,8-9H2,1-3H3,(H3,16,17). The van der Waals surface area contributed by atoms with Crippen molar-refractivity contribution < 1.29 is 4.39 Å². The fourth-order valence-electron chi connectivity index (χ4n) is 1.98. The normalized spacial score (nSPS) is 11.2. The zero-order valence-electron chi connectivity index (χ0n) is 11.3. The minimum Gasteiger partial charge on any atom is -0.384 e. The van der Waals surface area contributed by atoms with Crippen LogP contribution in [-0.4, -0.2) is 23.8 Å². The molecule has 0 saturated carbocycles. The molecule has 0 aliphatic rings. The molecule has 0 saturated heterocycles. The van der Waals surface area contributed by atoms with Crippen molar-refractivity contribution in [3.63, 3.8) is 0 Å². The fraction of sp³-hybridized carbons (Fsp3) is 0.500. The van der Waals surface area contributed by atoms with Crippen LogP contribution in [0.4, 0.5) is 4.39 Å². The van der Waals surface area contributed by atoms with E-state index in [-0.39, 0.29) is 11.7 Å². The van der Waals surface area contributed by atoms with Crippen molar-refractivity contribution in [3.8, 4) is 0 Å². The summed E-state index contributed by atoms with van der Waals surface area (Å²) in [6.45, 7) is 9.00. The molecule has 0 spiro atoms. The van der Waals surface area contributed by atoms with Crippen LogP contribution in [0.15, 0.2) is 18.2 Å². The zero-order chi connectivity index (χ0) is 13.7. The molecule has 0 radical (unpaired) electrons. The maximum absolute atomic E-state index is 13.4. The highest BCUT2D eigenvalue weighted by Crippen LogP contribution is 2.12. The third-order valence-electron chi connectivity index (χ3n) is 2.75. The van der Waals surface area contributed by atoms with E-state index in [1.54, 1.807) is 6.07 Å². The smallest absolute Gasteiger partial charge is 0.124 e. The third-order valence-corrected chi connectivity index (χ3v) is 2.75. The number of halogens is 1. The summed E-state index contributed by atoms with van der Waals surface area (Å²) in [5.41, 5.74) is 6.71. The van der Waals surface area contributed by atoms with E-state index < -0.39 is 0 Å². The molecule has 0 aliphatic carbocycles. The Morgan fingerprint density at radius 3 is 2.56 bits per heavy atom. The van der Waals surface area contributed by atoms with Gasteiger partial charge in [-0.3, -0.25) is 10.3 Å². The SMILES string of the molecule is CCN(Cc1cc(F)cc(C(=N)N)c1)CC(C)C. The lowest BCUT2D eigenvalue weighted by Gasteiger charge is -2.22. The second-order valence-electron chi connectivity index (χ2n) is 4.98. The molecule has 0 aliphatic heterocycles. The second-order valence-corrected chi connectivity index (χ2v) is 4.98. The van der Waals surface area contributed by atoms with Crippen molar-refractivity contribution >= 4 is 5.84 Å². The van der Waals surface area contributed by atoms with Gasteiger partial charge >= 0.3 is 0 Å². The summed E-state index contributed by atoms with van der Waals surface area (Å²) in [6.07, 6.45) is 0. The van der Waals surface area contributed by atoms with E-state index in [9.17, 15) is 4.39 Å². The van der Waals surface area contributed by atoms with Crippen LogP contribution in [0.25, 0.3) is 0 Å². The van der Waals surface area contributed by atoms with E-state index in [2.05, 4.69) is 25.7 Å². The third kappa shape index (κ3) is 4.45. The van der Waals surface area contributed by atoms with Gasteiger partial charge in [-0.1, -0.05) is 20.8 Å².